The minimum Gasteiger partial charge on any atom is -0.454 e. The molecule has 0 fully saturated rings. The van der Waals surface area contributed by atoms with Crippen LogP contribution >= 0.6 is 0 Å². The van der Waals surface area contributed by atoms with E-state index >= 15 is 0 Å². The van der Waals surface area contributed by atoms with Gasteiger partial charge < -0.3 is 14.8 Å². The van der Waals surface area contributed by atoms with Crippen molar-refractivity contribution >= 4 is 27.2 Å². The highest BCUT2D eigenvalue weighted by Gasteiger charge is 2.16. The van der Waals surface area contributed by atoms with Gasteiger partial charge in [-0.2, -0.15) is 0 Å². The topological polar surface area (TPSA) is 93.7 Å². The summed E-state index contributed by atoms with van der Waals surface area (Å²) in [4.78, 5) is 12.6. The predicted molar refractivity (Wildman–Crippen MR) is 113 cm³/mol. The maximum Gasteiger partial charge on any atom is 0.261 e. The van der Waals surface area contributed by atoms with E-state index in [0.29, 0.717) is 28.4 Å². The number of benzene rings is 3. The molecular formula is C22H18N2O5S. The minimum absolute atomic E-state index is 0.139. The predicted octanol–water partition coefficient (Wildman–Crippen LogP) is 4.02. The van der Waals surface area contributed by atoms with Crippen molar-refractivity contribution in [2.24, 2.45) is 0 Å². The van der Waals surface area contributed by atoms with E-state index in [1.165, 1.54) is 24.4 Å². The molecule has 0 unspecified atom stereocenters. The monoisotopic (exact) mass is 422 g/mol. The second-order valence-corrected chi connectivity index (χ2v) is 8.06. The lowest BCUT2D eigenvalue weighted by atomic mass is 10.1. The third-order valence-corrected chi connectivity index (χ3v) is 5.74. The van der Waals surface area contributed by atoms with E-state index in [0.717, 1.165) is 0 Å². The third kappa shape index (κ3) is 4.28. The Morgan fingerprint density at radius 3 is 2.37 bits per heavy atom. The van der Waals surface area contributed by atoms with Gasteiger partial charge >= 0.3 is 0 Å². The van der Waals surface area contributed by atoms with E-state index < -0.39 is 10.0 Å². The van der Waals surface area contributed by atoms with Crippen molar-refractivity contribution < 1.29 is 22.7 Å². The number of nitrogens with one attached hydrogen (secondary N) is 2. The molecule has 1 aliphatic rings. The highest BCUT2D eigenvalue weighted by molar-refractivity contribution is 7.92. The summed E-state index contributed by atoms with van der Waals surface area (Å²) in [5.74, 6) is 0.902. The molecule has 0 spiro atoms. The second-order valence-electron chi connectivity index (χ2n) is 6.37. The molecule has 7 nitrogen and oxygen atoms in total. The highest BCUT2D eigenvalue weighted by Crippen LogP contribution is 2.32. The normalized spacial score (nSPS) is 12.7. The summed E-state index contributed by atoms with van der Waals surface area (Å²) in [6.45, 7) is 0.139. The molecule has 3 aromatic rings. The molecule has 0 amide bonds. The van der Waals surface area contributed by atoms with Crippen LogP contribution in [-0.4, -0.2) is 21.0 Å². The van der Waals surface area contributed by atoms with Gasteiger partial charge in [0, 0.05) is 17.8 Å². The van der Waals surface area contributed by atoms with Crippen LogP contribution in [0.15, 0.2) is 90.0 Å². The Kier molecular flexibility index (Phi) is 5.40. The molecule has 152 valence electrons. The second kappa shape index (κ2) is 8.30. The van der Waals surface area contributed by atoms with Crippen LogP contribution in [0.1, 0.15) is 10.4 Å². The van der Waals surface area contributed by atoms with Gasteiger partial charge in [0.1, 0.15) is 0 Å². The molecular weight excluding hydrogens is 404 g/mol. The fraction of sp³-hybridized carbons (Fsp3) is 0.0455. The van der Waals surface area contributed by atoms with E-state index in [-0.39, 0.29) is 17.5 Å². The van der Waals surface area contributed by atoms with E-state index in [1.807, 2.05) is 0 Å². The summed E-state index contributed by atoms with van der Waals surface area (Å²) in [5, 5.41) is 2.96. The van der Waals surface area contributed by atoms with Crippen molar-refractivity contribution in [2.75, 3.05) is 16.8 Å². The number of hydrogen-bond acceptors (Lipinski definition) is 6. The van der Waals surface area contributed by atoms with Crippen LogP contribution in [0, 0.1) is 0 Å². The molecule has 0 radical (unpaired) electrons. The zero-order valence-electron chi connectivity index (χ0n) is 15.7. The molecule has 2 N–H and O–H groups in total. The number of hydrogen-bond donors (Lipinski definition) is 2. The van der Waals surface area contributed by atoms with Crippen molar-refractivity contribution in [2.45, 2.75) is 4.90 Å². The van der Waals surface area contributed by atoms with Crippen LogP contribution in [-0.2, 0) is 10.0 Å². The van der Waals surface area contributed by atoms with Gasteiger partial charge in [-0.05, 0) is 42.5 Å². The molecule has 8 heteroatoms. The zero-order chi connectivity index (χ0) is 21.0. The highest BCUT2D eigenvalue weighted by atomic mass is 32.2. The van der Waals surface area contributed by atoms with Crippen molar-refractivity contribution in [1.82, 2.24) is 0 Å². The summed E-state index contributed by atoms with van der Waals surface area (Å²) in [5.41, 5.74) is 1.32. The number of fused-ring (bicyclic) bond motifs is 1. The molecule has 0 bridgehead atoms. The first-order valence-electron chi connectivity index (χ1n) is 9.07. The average Bonchev–Trinajstić information content (AvgIpc) is 3.23. The maximum absolute atomic E-state index is 12.6. The summed E-state index contributed by atoms with van der Waals surface area (Å²) < 4.78 is 38.2. The SMILES string of the molecule is O=C(C=CNc1ccccc1NS(=O)(=O)c1ccccc1)c1ccc2c(c1)OCO2. The van der Waals surface area contributed by atoms with Crippen LogP contribution in [0.3, 0.4) is 0 Å². The van der Waals surface area contributed by atoms with E-state index in [2.05, 4.69) is 10.0 Å². The molecule has 1 aliphatic heterocycles. The van der Waals surface area contributed by atoms with Crippen molar-refractivity contribution in [3.8, 4) is 11.5 Å². The number of para-hydroxylation sites is 2. The Morgan fingerprint density at radius 1 is 0.867 bits per heavy atom. The number of anilines is 2. The number of sulfonamides is 1. The molecule has 1 heterocycles. The Morgan fingerprint density at radius 2 is 1.57 bits per heavy atom. The number of carbonyl (C=O) groups is 1. The van der Waals surface area contributed by atoms with Gasteiger partial charge in [-0.1, -0.05) is 30.3 Å². The quantitative estimate of drug-likeness (QED) is 0.441. The van der Waals surface area contributed by atoms with Crippen LogP contribution in [0.5, 0.6) is 11.5 Å². The molecule has 30 heavy (non-hydrogen) atoms. The molecule has 3 aromatic carbocycles. The van der Waals surface area contributed by atoms with E-state index in [1.54, 1.807) is 60.7 Å². The fourth-order valence-electron chi connectivity index (χ4n) is 2.85. The Bertz CT molecular complexity index is 1210. The summed E-state index contributed by atoms with van der Waals surface area (Å²) in [7, 11) is -3.73. The molecule has 0 aromatic heterocycles. The van der Waals surface area contributed by atoms with Crippen molar-refractivity contribution in [1.29, 1.82) is 0 Å². The van der Waals surface area contributed by atoms with Gasteiger partial charge in [-0.3, -0.25) is 9.52 Å². The number of rotatable bonds is 7. The van der Waals surface area contributed by atoms with Gasteiger partial charge in [0.15, 0.2) is 17.3 Å². The first kappa shape index (κ1) is 19.5. The van der Waals surface area contributed by atoms with Crippen LogP contribution in [0.4, 0.5) is 11.4 Å². The lowest BCUT2D eigenvalue weighted by Crippen LogP contribution is -2.13. The van der Waals surface area contributed by atoms with Gasteiger partial charge in [0.2, 0.25) is 6.79 Å². The Labute approximate surface area is 174 Å². The van der Waals surface area contributed by atoms with Gasteiger partial charge in [-0.15, -0.1) is 0 Å². The molecule has 0 saturated carbocycles. The molecule has 0 saturated heterocycles. The average molecular weight is 422 g/mol. The summed E-state index contributed by atoms with van der Waals surface area (Å²) in [6, 6.07) is 19.9. The molecule has 4 rings (SSSR count). The van der Waals surface area contributed by atoms with Crippen LogP contribution < -0.4 is 19.5 Å². The van der Waals surface area contributed by atoms with Gasteiger partial charge in [0.25, 0.3) is 10.0 Å². The lowest BCUT2D eigenvalue weighted by Gasteiger charge is -2.12. The number of allylic oxidation sites excluding steroid dienone is 1. The van der Waals surface area contributed by atoms with Crippen LogP contribution in [0.25, 0.3) is 0 Å². The standard InChI is InChI=1S/C22H18N2O5S/c25-20(16-10-11-21-22(14-16)29-15-28-21)12-13-23-18-8-4-5-9-19(18)24-30(26,27)17-6-2-1-3-7-17/h1-14,23-24H,15H2. The first-order chi connectivity index (χ1) is 14.5. The Balaban J connectivity index is 1.47. The lowest BCUT2D eigenvalue weighted by molar-refractivity contribution is 0.104. The van der Waals surface area contributed by atoms with Crippen LogP contribution in [0.2, 0.25) is 0 Å². The Hall–Kier alpha value is -3.78. The maximum atomic E-state index is 12.6. The van der Waals surface area contributed by atoms with E-state index in [9.17, 15) is 13.2 Å². The van der Waals surface area contributed by atoms with Crippen molar-refractivity contribution in [3.63, 3.8) is 0 Å². The zero-order valence-corrected chi connectivity index (χ0v) is 16.6. The van der Waals surface area contributed by atoms with Gasteiger partial charge in [0.05, 0.1) is 16.3 Å². The summed E-state index contributed by atoms with van der Waals surface area (Å²) >= 11 is 0. The number of ether oxygens (including phenoxy) is 2. The smallest absolute Gasteiger partial charge is 0.261 e. The van der Waals surface area contributed by atoms with Crippen molar-refractivity contribution in [3.05, 3.63) is 90.6 Å². The summed E-state index contributed by atoms with van der Waals surface area (Å²) in [6.07, 6.45) is 2.82. The van der Waals surface area contributed by atoms with Gasteiger partial charge in [-0.25, -0.2) is 8.42 Å². The van der Waals surface area contributed by atoms with E-state index in [4.69, 9.17) is 9.47 Å². The fourth-order valence-corrected chi connectivity index (χ4v) is 3.96. The third-order valence-electron chi connectivity index (χ3n) is 4.36. The molecule has 0 atom stereocenters. The minimum atomic E-state index is -3.73. The molecule has 0 aliphatic carbocycles. The largest absolute Gasteiger partial charge is 0.454 e. The first-order valence-corrected chi connectivity index (χ1v) is 10.6. The number of carbonyl (C=O) groups excluding carboxylic acids is 1. The number of ketones is 1.